The standard InChI is InChI=1S/C24H28Cl2N2O6S.H2O/c1-24(2,3)34-23(30)28-13-35-12-18(28)22(29)33-20(9-15-16(25)10-27-11-17(15)26)14-6-7-19(31-4)21(8-14)32-5;/h6-8,10-11,18,20H,9,12-13H2,1-5H3;1H2/t18-,20-;/m0./s1. The monoisotopic (exact) mass is 560 g/mol. The second-order valence-electron chi connectivity index (χ2n) is 8.84. The summed E-state index contributed by atoms with van der Waals surface area (Å²) in [6.07, 6.45) is 2.10. The van der Waals surface area contributed by atoms with Crippen molar-refractivity contribution in [1.82, 2.24) is 4.90 Å². The Balaban J connectivity index is 0.00000456. The highest BCUT2D eigenvalue weighted by Gasteiger charge is 2.39. The normalized spacial score (nSPS) is 16.1. The minimum Gasteiger partial charge on any atom is -0.870 e. The van der Waals surface area contributed by atoms with E-state index in [0.29, 0.717) is 44.3 Å². The number of hydrogen-bond donors (Lipinski definition) is 0. The van der Waals surface area contributed by atoms with E-state index in [4.69, 9.17) is 42.1 Å². The number of rotatable bonds is 7. The highest BCUT2D eigenvalue weighted by molar-refractivity contribution is 7.99. The van der Waals surface area contributed by atoms with Crippen LogP contribution in [0.2, 0.25) is 10.0 Å². The summed E-state index contributed by atoms with van der Waals surface area (Å²) in [4.78, 5) is 30.3. The molecule has 0 aliphatic carbocycles. The van der Waals surface area contributed by atoms with Crippen LogP contribution in [0, 0.1) is 0 Å². The first-order valence-electron chi connectivity index (χ1n) is 10.9. The SMILES string of the molecule is COc1ccc([C@H](Cc2c(Cl)c[nH+]cc2Cl)OC(=O)[C@@H]2CSCN2C(=O)OC(C)(C)C)cc1OC.[OH-]. The Kier molecular flexibility index (Phi) is 10.5. The van der Waals surface area contributed by atoms with Crippen LogP contribution in [0.3, 0.4) is 0 Å². The number of carbonyl (C=O) groups is 2. The van der Waals surface area contributed by atoms with E-state index in [1.54, 1.807) is 51.4 Å². The van der Waals surface area contributed by atoms with Crippen molar-refractivity contribution in [3.05, 3.63) is 51.8 Å². The van der Waals surface area contributed by atoms with Gasteiger partial charge in [-0.2, -0.15) is 0 Å². The van der Waals surface area contributed by atoms with Crippen molar-refractivity contribution >= 4 is 47.0 Å². The molecule has 0 unspecified atom stereocenters. The molecule has 0 radical (unpaired) electrons. The van der Waals surface area contributed by atoms with Gasteiger partial charge in [-0.15, -0.1) is 11.8 Å². The number of halogens is 2. The van der Waals surface area contributed by atoms with E-state index in [1.165, 1.54) is 30.9 Å². The highest BCUT2D eigenvalue weighted by Crippen LogP contribution is 2.36. The number of esters is 1. The number of ether oxygens (including phenoxy) is 4. The van der Waals surface area contributed by atoms with Crippen molar-refractivity contribution in [1.29, 1.82) is 0 Å². The lowest BCUT2D eigenvalue weighted by molar-refractivity contribution is -0.377. The summed E-state index contributed by atoms with van der Waals surface area (Å²) in [7, 11) is 3.07. The molecule has 1 aromatic carbocycles. The Hall–Kier alpha value is -2.40. The molecule has 2 aromatic rings. The maximum absolute atomic E-state index is 13.3. The van der Waals surface area contributed by atoms with E-state index >= 15 is 0 Å². The number of thioether (sulfide) groups is 1. The third-order valence-corrected chi connectivity index (χ3v) is 6.89. The number of nitrogens with one attached hydrogen (secondary N) is 1. The highest BCUT2D eigenvalue weighted by atomic mass is 35.5. The molecule has 3 rings (SSSR count). The minimum atomic E-state index is -0.785. The fourth-order valence-corrected chi connectivity index (χ4v) is 5.15. The zero-order valence-corrected chi connectivity index (χ0v) is 23.0. The van der Waals surface area contributed by atoms with Crippen molar-refractivity contribution < 1.29 is 39.0 Å². The average Bonchev–Trinajstić information content (AvgIpc) is 3.29. The molecule has 2 atom stereocenters. The maximum Gasteiger partial charge on any atom is 0.411 e. The Morgan fingerprint density at radius 2 is 1.78 bits per heavy atom. The van der Waals surface area contributed by atoms with Gasteiger partial charge < -0.3 is 24.4 Å². The number of benzene rings is 1. The van der Waals surface area contributed by atoms with Crippen LogP contribution in [-0.4, -0.2) is 59.9 Å². The van der Waals surface area contributed by atoms with Gasteiger partial charge in [0.15, 0.2) is 23.9 Å². The van der Waals surface area contributed by atoms with Crippen molar-refractivity contribution in [3.63, 3.8) is 0 Å². The molecular weight excluding hydrogens is 531 g/mol. The molecule has 0 spiro atoms. The number of methoxy groups -OCH3 is 2. The van der Waals surface area contributed by atoms with E-state index in [0.717, 1.165) is 0 Å². The Morgan fingerprint density at radius 1 is 1.14 bits per heavy atom. The number of nitrogens with zero attached hydrogens (tertiary/aromatic N) is 1. The largest absolute Gasteiger partial charge is 0.870 e. The zero-order valence-electron chi connectivity index (χ0n) is 20.7. The molecule has 1 saturated heterocycles. The van der Waals surface area contributed by atoms with Gasteiger partial charge in [-0.1, -0.05) is 29.3 Å². The summed E-state index contributed by atoms with van der Waals surface area (Å²) >= 11 is 14.2. The van der Waals surface area contributed by atoms with Crippen molar-refractivity contribution in [3.8, 4) is 11.5 Å². The molecule has 198 valence electrons. The number of aromatic nitrogens is 1. The second kappa shape index (κ2) is 12.7. The van der Waals surface area contributed by atoms with Gasteiger partial charge >= 0.3 is 12.1 Å². The summed E-state index contributed by atoms with van der Waals surface area (Å²) in [5.41, 5.74) is 0.591. The molecule has 1 aliphatic heterocycles. The van der Waals surface area contributed by atoms with E-state index in [-0.39, 0.29) is 11.9 Å². The van der Waals surface area contributed by atoms with Gasteiger partial charge in [-0.05, 0) is 38.5 Å². The third-order valence-electron chi connectivity index (χ3n) is 5.21. The van der Waals surface area contributed by atoms with E-state index in [2.05, 4.69) is 4.98 Å². The fourth-order valence-electron chi connectivity index (χ4n) is 3.49. The summed E-state index contributed by atoms with van der Waals surface area (Å²) in [6.45, 7) is 5.33. The first kappa shape index (κ1) is 29.8. The van der Waals surface area contributed by atoms with Gasteiger partial charge in [0.1, 0.15) is 27.8 Å². The number of hydrogen-bond acceptors (Lipinski definition) is 8. The van der Waals surface area contributed by atoms with Gasteiger partial charge in [-0.25, -0.2) is 14.6 Å². The molecular formula is C24H30Cl2N2O7S. The Labute approximate surface area is 224 Å². The third kappa shape index (κ3) is 7.32. The average molecular weight is 561 g/mol. The number of aromatic amines is 1. The van der Waals surface area contributed by atoms with Crippen molar-refractivity contribution in [2.45, 2.75) is 44.9 Å². The predicted molar refractivity (Wildman–Crippen MR) is 136 cm³/mol. The molecule has 9 nitrogen and oxygen atoms in total. The second-order valence-corrected chi connectivity index (χ2v) is 10.7. The van der Waals surface area contributed by atoms with Crippen LogP contribution in [0.4, 0.5) is 4.79 Å². The number of H-pyrrole nitrogens is 1. The van der Waals surface area contributed by atoms with Crippen molar-refractivity contribution in [2.75, 3.05) is 25.8 Å². The number of carbonyl (C=O) groups excluding carboxylic acids is 2. The smallest absolute Gasteiger partial charge is 0.411 e. The minimum absolute atomic E-state index is 0. The first-order valence-corrected chi connectivity index (χ1v) is 12.8. The van der Waals surface area contributed by atoms with Gasteiger partial charge in [0, 0.05) is 17.7 Å². The molecule has 0 saturated carbocycles. The van der Waals surface area contributed by atoms with Crippen LogP contribution in [0.25, 0.3) is 0 Å². The quantitative estimate of drug-likeness (QED) is 0.443. The summed E-state index contributed by atoms with van der Waals surface area (Å²) < 4.78 is 22.2. The number of amides is 1. The van der Waals surface area contributed by atoms with E-state index in [9.17, 15) is 9.59 Å². The Morgan fingerprint density at radius 3 is 2.36 bits per heavy atom. The fraction of sp³-hybridized carbons (Fsp3) is 0.458. The summed E-state index contributed by atoms with van der Waals surface area (Å²) in [5, 5.41) is 0.816. The molecule has 1 aliphatic rings. The molecule has 1 aromatic heterocycles. The lowest BCUT2D eigenvalue weighted by Crippen LogP contribution is -2.45. The lowest BCUT2D eigenvalue weighted by atomic mass is 10.0. The molecule has 0 bridgehead atoms. The summed E-state index contributed by atoms with van der Waals surface area (Å²) in [6, 6.07) is 4.47. The topological polar surface area (TPSA) is 118 Å². The molecule has 2 N–H and O–H groups in total. The van der Waals surface area contributed by atoms with Crippen LogP contribution in [0.5, 0.6) is 11.5 Å². The predicted octanol–water partition coefficient (Wildman–Crippen LogP) is 4.78. The van der Waals surface area contributed by atoms with Gasteiger partial charge in [-0.3, -0.25) is 4.90 Å². The molecule has 1 amide bonds. The van der Waals surface area contributed by atoms with Gasteiger partial charge in [0.2, 0.25) is 0 Å². The van der Waals surface area contributed by atoms with E-state index < -0.39 is 29.8 Å². The van der Waals surface area contributed by atoms with Crippen LogP contribution in [0.1, 0.15) is 38.0 Å². The Bertz CT molecular complexity index is 1060. The molecule has 1 fully saturated rings. The van der Waals surface area contributed by atoms with Crippen LogP contribution in [0.15, 0.2) is 30.6 Å². The van der Waals surface area contributed by atoms with Crippen LogP contribution < -0.4 is 14.5 Å². The zero-order chi connectivity index (χ0) is 25.8. The molecule has 2 heterocycles. The summed E-state index contributed by atoms with van der Waals surface area (Å²) in [5.74, 6) is 1.21. The maximum atomic E-state index is 13.3. The number of pyridine rings is 1. The van der Waals surface area contributed by atoms with E-state index in [1.807, 2.05) is 0 Å². The van der Waals surface area contributed by atoms with Crippen molar-refractivity contribution in [2.24, 2.45) is 0 Å². The molecule has 36 heavy (non-hydrogen) atoms. The lowest BCUT2D eigenvalue weighted by Gasteiger charge is -2.28. The van der Waals surface area contributed by atoms with Crippen LogP contribution >= 0.6 is 35.0 Å². The molecule has 12 heteroatoms. The van der Waals surface area contributed by atoms with Gasteiger partial charge in [0.05, 0.1) is 20.1 Å². The van der Waals surface area contributed by atoms with Crippen LogP contribution in [-0.2, 0) is 20.7 Å². The van der Waals surface area contributed by atoms with Gasteiger partial charge in [0.25, 0.3) is 0 Å². The first-order chi connectivity index (χ1) is 16.5.